The molecule has 2 atom stereocenters. The highest BCUT2D eigenvalue weighted by Gasteiger charge is 2.15. The number of rotatable bonds is 5. The summed E-state index contributed by atoms with van der Waals surface area (Å²) >= 11 is 0. The van der Waals surface area contributed by atoms with Crippen molar-refractivity contribution in [3.05, 3.63) is 75.8 Å². The normalized spacial score (nSPS) is 11.2. The third-order valence-corrected chi connectivity index (χ3v) is 3.25. The van der Waals surface area contributed by atoms with Crippen LogP contribution >= 0.6 is 0 Å². The zero-order valence-corrected chi connectivity index (χ0v) is 15.2. The zero-order chi connectivity index (χ0) is 22.4. The molecule has 0 fully saturated rings. The van der Waals surface area contributed by atoms with Crippen molar-refractivity contribution in [3.63, 3.8) is 0 Å². The number of nitro groups is 1. The molecular formula is C18H21N5O6. The first kappa shape index (κ1) is 25.2. The summed E-state index contributed by atoms with van der Waals surface area (Å²) in [5, 5.41) is 34.8. The van der Waals surface area contributed by atoms with Gasteiger partial charge in [-0.2, -0.15) is 5.26 Å². The second-order valence-corrected chi connectivity index (χ2v) is 5.25. The molecule has 2 aromatic rings. The molecule has 0 aliphatic carbocycles. The van der Waals surface area contributed by atoms with Crippen LogP contribution in [0.25, 0.3) is 0 Å². The molecule has 8 N–H and O–H groups in total. The second kappa shape index (κ2) is 13.3. The van der Waals surface area contributed by atoms with E-state index in [0.717, 1.165) is 0 Å². The lowest BCUT2D eigenvalue weighted by atomic mass is 10.1. The quantitative estimate of drug-likeness (QED) is 0.270. The molecule has 0 radical (unpaired) electrons. The first-order chi connectivity index (χ1) is 13.6. The minimum atomic E-state index is -1.17. The number of nitrogens with two attached hydrogens (primary N) is 3. The first-order valence-corrected chi connectivity index (χ1v) is 7.98. The summed E-state index contributed by atoms with van der Waals surface area (Å²) in [6.07, 6.45) is 0. The maximum Gasteiger partial charge on any atom is 0.325 e. The number of aliphatic carboxylic acids is 2. The van der Waals surface area contributed by atoms with Crippen molar-refractivity contribution < 1.29 is 24.7 Å². The lowest BCUT2D eigenvalue weighted by molar-refractivity contribution is -0.384. The van der Waals surface area contributed by atoms with Crippen LogP contribution in [0.15, 0.2) is 54.6 Å². The van der Waals surface area contributed by atoms with Crippen molar-refractivity contribution in [2.75, 3.05) is 6.54 Å². The molecule has 0 saturated heterocycles. The van der Waals surface area contributed by atoms with Crippen LogP contribution in [-0.2, 0) is 9.59 Å². The average Bonchev–Trinajstić information content (AvgIpc) is 2.73. The van der Waals surface area contributed by atoms with Gasteiger partial charge in [0.25, 0.3) is 5.69 Å². The highest BCUT2D eigenvalue weighted by molar-refractivity contribution is 5.75. The standard InChI is InChI=1S/C8H8N2O4.C8H9NO2.C2H4N2/c9-7(8(11)12)5-1-3-6(4-2-5)10(13)14;9-7(8(10)11)6-4-2-1-3-5-6;3-1-2-4/h1-4,7H,9H2,(H,11,12);1-5,7H,9H2,(H,10,11);1,3H2. The molecule has 11 heteroatoms. The Bertz CT molecular complexity index is 836. The molecule has 154 valence electrons. The van der Waals surface area contributed by atoms with Crippen LogP contribution in [0, 0.1) is 21.4 Å². The van der Waals surface area contributed by atoms with Gasteiger partial charge in [0, 0.05) is 12.1 Å². The third-order valence-electron chi connectivity index (χ3n) is 3.25. The van der Waals surface area contributed by atoms with E-state index in [0.29, 0.717) is 11.1 Å². The van der Waals surface area contributed by atoms with Crippen LogP contribution in [0.2, 0.25) is 0 Å². The van der Waals surface area contributed by atoms with Crippen molar-refractivity contribution in [2.45, 2.75) is 12.1 Å². The fourth-order valence-corrected chi connectivity index (χ4v) is 1.75. The Balaban J connectivity index is 0.000000466. The first-order valence-electron chi connectivity index (χ1n) is 7.98. The van der Waals surface area contributed by atoms with Gasteiger partial charge in [0.2, 0.25) is 0 Å². The fourth-order valence-electron chi connectivity index (χ4n) is 1.75. The minimum absolute atomic E-state index is 0.0914. The predicted molar refractivity (Wildman–Crippen MR) is 103 cm³/mol. The van der Waals surface area contributed by atoms with E-state index < -0.39 is 28.9 Å². The number of nitriles is 1. The summed E-state index contributed by atoms with van der Waals surface area (Å²) < 4.78 is 0. The van der Waals surface area contributed by atoms with Gasteiger partial charge >= 0.3 is 11.9 Å². The van der Waals surface area contributed by atoms with E-state index in [9.17, 15) is 19.7 Å². The number of carboxylic acids is 2. The molecule has 0 amide bonds. The van der Waals surface area contributed by atoms with Crippen LogP contribution in [0.4, 0.5) is 5.69 Å². The van der Waals surface area contributed by atoms with Crippen molar-refractivity contribution in [3.8, 4) is 6.07 Å². The van der Waals surface area contributed by atoms with Gasteiger partial charge in [-0.15, -0.1) is 0 Å². The Morgan fingerprint density at radius 3 is 1.66 bits per heavy atom. The maximum absolute atomic E-state index is 10.5. The Morgan fingerprint density at radius 1 is 0.966 bits per heavy atom. The number of carbonyl (C=O) groups is 2. The van der Waals surface area contributed by atoms with Crippen LogP contribution in [0.1, 0.15) is 23.2 Å². The molecule has 0 aliphatic heterocycles. The molecule has 0 aromatic heterocycles. The van der Waals surface area contributed by atoms with Crippen LogP contribution < -0.4 is 17.2 Å². The second-order valence-electron chi connectivity index (χ2n) is 5.25. The van der Waals surface area contributed by atoms with Gasteiger partial charge in [0.1, 0.15) is 12.1 Å². The smallest absolute Gasteiger partial charge is 0.325 e. The van der Waals surface area contributed by atoms with Gasteiger partial charge in [-0.25, -0.2) is 0 Å². The fraction of sp³-hybridized carbons (Fsp3) is 0.167. The molecule has 2 unspecified atom stereocenters. The molecule has 11 nitrogen and oxygen atoms in total. The summed E-state index contributed by atoms with van der Waals surface area (Å²) in [5.41, 5.74) is 16.2. The van der Waals surface area contributed by atoms with E-state index in [-0.39, 0.29) is 12.2 Å². The van der Waals surface area contributed by atoms with Gasteiger partial charge in [-0.1, -0.05) is 42.5 Å². The Labute approximate surface area is 166 Å². The average molecular weight is 403 g/mol. The Kier molecular flexibility index (Phi) is 11.6. The minimum Gasteiger partial charge on any atom is -0.480 e. The SMILES string of the molecule is N#CCN.NC(C(=O)O)c1ccc([N+](=O)[O-])cc1.NC(C(=O)O)c1ccccc1. The number of hydrogen-bond acceptors (Lipinski definition) is 8. The van der Waals surface area contributed by atoms with Crippen molar-refractivity contribution in [1.29, 1.82) is 5.26 Å². The van der Waals surface area contributed by atoms with Gasteiger partial charge < -0.3 is 27.4 Å². The number of non-ortho nitro benzene ring substituents is 1. The number of nitrogens with zero attached hydrogens (tertiary/aromatic N) is 2. The molecular weight excluding hydrogens is 382 g/mol. The molecule has 29 heavy (non-hydrogen) atoms. The summed E-state index contributed by atoms with van der Waals surface area (Å²) in [4.78, 5) is 30.5. The van der Waals surface area contributed by atoms with E-state index in [2.05, 4.69) is 5.73 Å². The summed E-state index contributed by atoms with van der Waals surface area (Å²) in [6.45, 7) is 0.125. The third kappa shape index (κ3) is 9.59. The molecule has 0 heterocycles. The predicted octanol–water partition coefficient (Wildman–Crippen LogP) is 0.919. The molecule has 0 bridgehead atoms. The number of benzene rings is 2. The largest absolute Gasteiger partial charge is 0.480 e. The van der Waals surface area contributed by atoms with E-state index in [1.165, 1.54) is 24.3 Å². The monoisotopic (exact) mass is 403 g/mol. The van der Waals surface area contributed by atoms with Crippen molar-refractivity contribution in [2.24, 2.45) is 17.2 Å². The summed E-state index contributed by atoms with van der Waals surface area (Å²) in [6, 6.07) is 13.5. The van der Waals surface area contributed by atoms with E-state index >= 15 is 0 Å². The number of hydrogen-bond donors (Lipinski definition) is 5. The Morgan fingerprint density at radius 2 is 1.34 bits per heavy atom. The maximum atomic E-state index is 10.5. The molecule has 2 rings (SSSR count). The molecule has 0 aliphatic rings. The number of carboxylic acid groups (broad SMARTS) is 2. The van der Waals surface area contributed by atoms with Crippen molar-refractivity contribution >= 4 is 17.6 Å². The summed E-state index contributed by atoms with van der Waals surface area (Å²) in [5.74, 6) is -2.17. The zero-order valence-electron chi connectivity index (χ0n) is 15.2. The number of nitro benzene ring substituents is 1. The van der Waals surface area contributed by atoms with E-state index in [1.807, 2.05) is 6.07 Å². The van der Waals surface area contributed by atoms with Gasteiger partial charge in [0.05, 0.1) is 17.5 Å². The van der Waals surface area contributed by atoms with Gasteiger partial charge in [-0.3, -0.25) is 19.7 Å². The van der Waals surface area contributed by atoms with Crippen molar-refractivity contribution in [1.82, 2.24) is 0 Å². The topological polar surface area (TPSA) is 220 Å². The highest BCUT2D eigenvalue weighted by atomic mass is 16.6. The Hall–Kier alpha value is -3.85. The lowest BCUT2D eigenvalue weighted by Gasteiger charge is -2.05. The summed E-state index contributed by atoms with van der Waals surface area (Å²) in [7, 11) is 0. The van der Waals surface area contributed by atoms with E-state index in [4.69, 9.17) is 26.9 Å². The van der Waals surface area contributed by atoms with Crippen LogP contribution in [0.3, 0.4) is 0 Å². The van der Waals surface area contributed by atoms with Crippen LogP contribution in [0.5, 0.6) is 0 Å². The highest BCUT2D eigenvalue weighted by Crippen LogP contribution is 2.16. The van der Waals surface area contributed by atoms with Gasteiger partial charge in [-0.05, 0) is 11.1 Å². The molecule has 2 aromatic carbocycles. The molecule has 0 saturated carbocycles. The molecule has 0 spiro atoms. The van der Waals surface area contributed by atoms with Gasteiger partial charge in [0.15, 0.2) is 0 Å². The van der Waals surface area contributed by atoms with E-state index in [1.54, 1.807) is 30.3 Å². The lowest BCUT2D eigenvalue weighted by Crippen LogP contribution is -2.20. The van der Waals surface area contributed by atoms with Crippen LogP contribution in [-0.4, -0.2) is 33.6 Å².